The van der Waals surface area contributed by atoms with E-state index in [1.807, 2.05) is 48.5 Å². The van der Waals surface area contributed by atoms with Gasteiger partial charge in [-0.2, -0.15) is 0 Å². The quantitative estimate of drug-likeness (QED) is 0.577. The summed E-state index contributed by atoms with van der Waals surface area (Å²) in [6.07, 6.45) is 0.818. The third-order valence-corrected chi connectivity index (χ3v) is 4.07. The highest BCUT2D eigenvalue weighted by Gasteiger charge is 2.24. The number of hydrogen-bond donors (Lipinski definition) is 2. The summed E-state index contributed by atoms with van der Waals surface area (Å²) in [5.41, 5.74) is 5.61. The summed E-state index contributed by atoms with van der Waals surface area (Å²) in [5, 5.41) is 12.2. The molecule has 0 aliphatic carbocycles. The molecule has 0 aromatic heterocycles. The second-order valence-corrected chi connectivity index (χ2v) is 5.60. The van der Waals surface area contributed by atoms with E-state index >= 15 is 0 Å². The van der Waals surface area contributed by atoms with E-state index in [0.29, 0.717) is 6.61 Å². The van der Waals surface area contributed by atoms with E-state index in [1.165, 1.54) is 5.39 Å². The normalized spacial score (nSPS) is 13.7. The molecule has 0 saturated heterocycles. The van der Waals surface area contributed by atoms with Crippen molar-refractivity contribution in [1.82, 2.24) is 0 Å². The van der Waals surface area contributed by atoms with Crippen molar-refractivity contribution in [3.05, 3.63) is 66.2 Å². The SMILES string of the molecule is OB1OCCc2ccc(NOc3ccc4ccccc4c3)cc21. The number of benzene rings is 3. The summed E-state index contributed by atoms with van der Waals surface area (Å²) in [4.78, 5) is 5.65. The lowest BCUT2D eigenvalue weighted by atomic mass is 9.73. The van der Waals surface area contributed by atoms with Gasteiger partial charge in [0.1, 0.15) is 0 Å². The second kappa shape index (κ2) is 5.95. The lowest BCUT2D eigenvalue weighted by Crippen LogP contribution is -2.41. The Labute approximate surface area is 134 Å². The second-order valence-electron chi connectivity index (χ2n) is 5.60. The molecule has 3 aromatic rings. The summed E-state index contributed by atoms with van der Waals surface area (Å²) < 4.78 is 5.26. The number of hydrogen-bond acceptors (Lipinski definition) is 4. The van der Waals surface area contributed by atoms with Gasteiger partial charge in [0.25, 0.3) is 0 Å². The number of anilines is 1. The van der Waals surface area contributed by atoms with Crippen LogP contribution in [-0.2, 0) is 11.1 Å². The van der Waals surface area contributed by atoms with Crippen molar-refractivity contribution < 1.29 is 14.5 Å². The monoisotopic (exact) mass is 305 g/mol. The first kappa shape index (κ1) is 14.1. The summed E-state index contributed by atoms with van der Waals surface area (Å²) in [7, 11) is -0.860. The molecule has 1 heterocycles. The van der Waals surface area contributed by atoms with Crippen molar-refractivity contribution in [2.45, 2.75) is 6.42 Å². The highest BCUT2D eigenvalue weighted by molar-refractivity contribution is 6.61. The molecule has 23 heavy (non-hydrogen) atoms. The topological polar surface area (TPSA) is 50.7 Å². The molecule has 4 rings (SSSR count). The standard InChI is InChI=1S/C18H16BNO3/c21-19-18-12-16(7-5-14(18)9-10-22-19)20-23-17-8-6-13-3-1-2-4-15(13)11-17/h1-8,11-12,20-21H,9-10H2. The Morgan fingerprint density at radius 1 is 1.00 bits per heavy atom. The van der Waals surface area contributed by atoms with Crippen LogP contribution in [0.1, 0.15) is 5.56 Å². The van der Waals surface area contributed by atoms with Gasteiger partial charge >= 0.3 is 7.12 Å². The van der Waals surface area contributed by atoms with Crippen LogP contribution < -0.4 is 15.8 Å². The highest BCUT2D eigenvalue weighted by Crippen LogP contribution is 2.21. The first-order valence-corrected chi connectivity index (χ1v) is 7.64. The largest absolute Gasteiger partial charge is 0.491 e. The Morgan fingerprint density at radius 2 is 1.87 bits per heavy atom. The Kier molecular flexibility index (Phi) is 3.65. The molecule has 0 fully saturated rings. The zero-order valence-corrected chi connectivity index (χ0v) is 12.5. The summed E-state index contributed by atoms with van der Waals surface area (Å²) in [6.45, 7) is 0.550. The summed E-state index contributed by atoms with van der Waals surface area (Å²) in [6, 6.07) is 19.9. The molecule has 1 aliphatic rings. The fourth-order valence-electron chi connectivity index (χ4n) is 2.84. The Hall–Kier alpha value is -2.50. The van der Waals surface area contributed by atoms with Crippen LogP contribution in [0.4, 0.5) is 5.69 Å². The van der Waals surface area contributed by atoms with E-state index in [4.69, 9.17) is 9.49 Å². The minimum absolute atomic E-state index is 0.550. The highest BCUT2D eigenvalue weighted by atomic mass is 16.6. The van der Waals surface area contributed by atoms with Crippen LogP contribution in [0.15, 0.2) is 60.7 Å². The van der Waals surface area contributed by atoms with Gasteiger partial charge in [-0.25, -0.2) is 5.48 Å². The van der Waals surface area contributed by atoms with Crippen LogP contribution >= 0.6 is 0 Å². The van der Waals surface area contributed by atoms with Gasteiger partial charge in [0.2, 0.25) is 0 Å². The van der Waals surface area contributed by atoms with Gasteiger partial charge in [0.05, 0.1) is 5.69 Å². The predicted molar refractivity (Wildman–Crippen MR) is 91.9 cm³/mol. The molecule has 0 bridgehead atoms. The van der Waals surface area contributed by atoms with Crippen molar-refractivity contribution >= 4 is 29.0 Å². The maximum atomic E-state index is 9.90. The smallest absolute Gasteiger partial charge is 0.423 e. The van der Waals surface area contributed by atoms with Crippen LogP contribution in [-0.4, -0.2) is 18.7 Å². The van der Waals surface area contributed by atoms with Gasteiger partial charge < -0.3 is 14.5 Å². The molecule has 0 unspecified atom stereocenters. The maximum Gasteiger partial charge on any atom is 0.491 e. The van der Waals surface area contributed by atoms with Crippen LogP contribution in [0.2, 0.25) is 0 Å². The van der Waals surface area contributed by atoms with E-state index in [2.05, 4.69) is 17.6 Å². The van der Waals surface area contributed by atoms with E-state index in [9.17, 15) is 5.02 Å². The molecule has 114 valence electrons. The van der Waals surface area contributed by atoms with Crippen LogP contribution in [0.25, 0.3) is 10.8 Å². The maximum absolute atomic E-state index is 9.90. The lowest BCUT2D eigenvalue weighted by Gasteiger charge is -2.20. The zero-order valence-electron chi connectivity index (χ0n) is 12.5. The molecule has 0 spiro atoms. The molecule has 0 radical (unpaired) electrons. The molecule has 0 atom stereocenters. The van der Waals surface area contributed by atoms with Gasteiger partial charge in [-0.15, -0.1) is 0 Å². The van der Waals surface area contributed by atoms with Crippen molar-refractivity contribution in [3.8, 4) is 5.75 Å². The Morgan fingerprint density at radius 3 is 2.78 bits per heavy atom. The van der Waals surface area contributed by atoms with Crippen molar-refractivity contribution in [2.24, 2.45) is 0 Å². The molecule has 2 N–H and O–H groups in total. The van der Waals surface area contributed by atoms with Crippen molar-refractivity contribution in [2.75, 3.05) is 12.1 Å². The van der Waals surface area contributed by atoms with Gasteiger partial charge in [0.15, 0.2) is 5.75 Å². The van der Waals surface area contributed by atoms with E-state index < -0.39 is 7.12 Å². The average molecular weight is 305 g/mol. The minimum atomic E-state index is -0.860. The lowest BCUT2D eigenvalue weighted by molar-refractivity contribution is 0.266. The molecule has 0 amide bonds. The molecule has 3 aromatic carbocycles. The van der Waals surface area contributed by atoms with E-state index in [-0.39, 0.29) is 0 Å². The van der Waals surface area contributed by atoms with Gasteiger partial charge in [-0.05, 0) is 52.5 Å². The first-order valence-electron chi connectivity index (χ1n) is 7.64. The first-order chi connectivity index (χ1) is 11.3. The number of fused-ring (bicyclic) bond motifs is 2. The molecule has 5 heteroatoms. The van der Waals surface area contributed by atoms with Crippen molar-refractivity contribution in [3.63, 3.8) is 0 Å². The third kappa shape index (κ3) is 2.89. The average Bonchev–Trinajstić information content (AvgIpc) is 2.60. The number of rotatable bonds is 3. The van der Waals surface area contributed by atoms with Crippen LogP contribution in [0.5, 0.6) is 5.75 Å². The summed E-state index contributed by atoms with van der Waals surface area (Å²) >= 11 is 0. The van der Waals surface area contributed by atoms with E-state index in [1.54, 1.807) is 0 Å². The van der Waals surface area contributed by atoms with Crippen LogP contribution in [0, 0.1) is 0 Å². The van der Waals surface area contributed by atoms with Gasteiger partial charge in [0, 0.05) is 6.61 Å². The minimum Gasteiger partial charge on any atom is -0.423 e. The molecular weight excluding hydrogens is 289 g/mol. The van der Waals surface area contributed by atoms with E-state index in [0.717, 1.165) is 34.3 Å². The third-order valence-electron chi connectivity index (χ3n) is 4.07. The Bertz CT molecular complexity index is 853. The fraction of sp³-hybridized carbons (Fsp3) is 0.111. The van der Waals surface area contributed by atoms with Gasteiger partial charge in [-0.3, -0.25) is 0 Å². The number of nitrogens with one attached hydrogen (secondary N) is 1. The molecule has 0 saturated carbocycles. The zero-order chi connectivity index (χ0) is 15.6. The molecular formula is C18H16BNO3. The fourth-order valence-corrected chi connectivity index (χ4v) is 2.84. The molecule has 4 nitrogen and oxygen atoms in total. The Balaban J connectivity index is 1.52. The van der Waals surface area contributed by atoms with Crippen LogP contribution in [0.3, 0.4) is 0 Å². The molecule has 1 aliphatic heterocycles. The van der Waals surface area contributed by atoms with Gasteiger partial charge in [-0.1, -0.05) is 36.4 Å². The summed E-state index contributed by atoms with van der Waals surface area (Å²) in [5.74, 6) is 0.734. The van der Waals surface area contributed by atoms with Crippen molar-refractivity contribution in [1.29, 1.82) is 0 Å². The predicted octanol–water partition coefficient (Wildman–Crippen LogP) is 2.51.